The topological polar surface area (TPSA) is 57.9 Å². The lowest BCUT2D eigenvalue weighted by Gasteiger charge is -2.44. The summed E-state index contributed by atoms with van der Waals surface area (Å²) in [4.78, 5) is 11.6. The molecular weight excluding hydrogens is 889 g/mol. The molecule has 0 heterocycles. The lowest BCUT2D eigenvalue weighted by Crippen LogP contribution is -2.81. The van der Waals surface area contributed by atoms with Gasteiger partial charge in [0.15, 0.2) is 75.6 Å². The van der Waals surface area contributed by atoms with Gasteiger partial charge in [-0.2, -0.15) is 5.26 Å². The maximum atomic E-state index is 15.4. The number of carbonyl (C=O) groups is 1. The zero-order valence-corrected chi connectivity index (χ0v) is 29.6. The molecule has 0 aromatic heterocycles. The number of hydrogen-bond acceptors (Lipinski definition) is 3. The molecule has 0 aliphatic rings. The van der Waals surface area contributed by atoms with Crippen molar-refractivity contribution in [1.82, 2.24) is 0 Å². The molecule has 25 heteroatoms. The van der Waals surface area contributed by atoms with E-state index in [0.717, 1.165) is 0 Å². The Bertz CT molecular complexity index is 2330. The van der Waals surface area contributed by atoms with E-state index < -0.39 is 154 Å². The third kappa shape index (κ3) is 7.45. The molecule has 0 aliphatic heterocycles. The van der Waals surface area contributed by atoms with Crippen LogP contribution in [0.3, 0.4) is 0 Å². The summed E-state index contributed by atoms with van der Waals surface area (Å²) in [6.45, 7) is 0. The Labute approximate surface area is 321 Å². The molecule has 0 spiro atoms. The summed E-state index contributed by atoms with van der Waals surface area (Å²) < 4.78 is 305. The van der Waals surface area contributed by atoms with E-state index in [0.29, 0.717) is 11.1 Å². The molecule has 0 atom stereocenters. The molecule has 60 heavy (non-hydrogen) atoms. The first-order valence-electron chi connectivity index (χ1n) is 15.3. The van der Waals surface area contributed by atoms with Crippen molar-refractivity contribution in [3.05, 3.63) is 152 Å². The molecule has 0 N–H and O–H groups in total. The maximum Gasteiger partial charge on any atom is 0.211 e. The SMILES string of the molecule is C[S+](C)(=O)CC(=O)c1ccc(C#N)cc1.Fc1c(F)c(F)c([B-](c2c(F)c(F)c(F)c(F)c2F)(c2c(F)c(F)c(F)c(F)c2F)c2c(F)c(F)c(F)c(F)c2F)c(F)c1F. The number of halogens is 20. The second-order valence-electron chi connectivity index (χ2n) is 12.5. The lowest BCUT2D eigenvalue weighted by molar-refractivity contribution is 0.102. The molecule has 0 amide bonds. The Hall–Kier alpha value is -5.93. The molecule has 5 aromatic carbocycles. The van der Waals surface area contributed by atoms with Crippen molar-refractivity contribution in [3.8, 4) is 6.07 Å². The molecule has 0 radical (unpaired) electrons. The van der Waals surface area contributed by atoms with E-state index in [1.165, 1.54) is 0 Å². The van der Waals surface area contributed by atoms with Crippen LogP contribution in [-0.2, 0) is 14.1 Å². The van der Waals surface area contributed by atoms with Crippen LogP contribution in [0.1, 0.15) is 15.9 Å². The van der Waals surface area contributed by atoms with E-state index in [1.807, 2.05) is 6.07 Å². The summed E-state index contributed by atoms with van der Waals surface area (Å²) in [7, 11) is -2.05. The predicted molar refractivity (Wildman–Crippen MR) is 169 cm³/mol. The lowest BCUT2D eigenvalue weighted by atomic mass is 9.12. The Morgan fingerprint density at radius 1 is 0.433 bits per heavy atom. The van der Waals surface area contributed by atoms with Crippen LogP contribution in [0.4, 0.5) is 87.8 Å². The molecule has 0 unspecified atom stereocenters. The summed E-state index contributed by atoms with van der Waals surface area (Å²) in [5.74, 6) is -71.5. The average Bonchev–Trinajstić information content (AvgIpc) is 3.20. The molecule has 318 valence electrons. The zero-order valence-electron chi connectivity index (χ0n) is 28.8. The first kappa shape index (κ1) is 46.8. The van der Waals surface area contributed by atoms with Gasteiger partial charge in [-0.15, -0.1) is 26.1 Å². The number of nitrogens with zero attached hydrogens (tertiary/aromatic N) is 1. The zero-order chi connectivity index (χ0) is 45.8. The molecule has 5 rings (SSSR count). The minimum Gasteiger partial charge on any atom is -0.289 e. The number of carbonyl (C=O) groups excluding carboxylic acids is 1. The van der Waals surface area contributed by atoms with Crippen LogP contribution in [0.25, 0.3) is 0 Å². The van der Waals surface area contributed by atoms with Crippen molar-refractivity contribution in [3.63, 3.8) is 0 Å². The van der Waals surface area contributed by atoms with E-state index in [4.69, 9.17) is 5.26 Å². The highest BCUT2D eigenvalue weighted by molar-refractivity contribution is 8.02. The Balaban J connectivity index is 0.000000445. The number of hydrogen-bond donors (Lipinski definition) is 0. The average molecular weight is 901 g/mol. The number of Topliss-reactive ketones (excluding diaryl/α,β-unsaturated/α-hetero) is 1. The number of rotatable bonds is 7. The molecule has 5 aromatic rings. The second kappa shape index (κ2) is 16.6. The first-order chi connectivity index (χ1) is 27.6. The largest absolute Gasteiger partial charge is 0.289 e. The van der Waals surface area contributed by atoms with Gasteiger partial charge in [0.2, 0.25) is 5.78 Å². The minimum absolute atomic E-state index is 0.0545. The minimum atomic E-state index is -7.22. The first-order valence-corrected chi connectivity index (χ1v) is 17.9. The van der Waals surface area contributed by atoms with Crippen LogP contribution >= 0.6 is 0 Å². The second-order valence-corrected chi connectivity index (χ2v) is 15.7. The van der Waals surface area contributed by atoms with Crippen molar-refractivity contribution < 1.29 is 96.8 Å². The van der Waals surface area contributed by atoms with Gasteiger partial charge in [-0.3, -0.25) is 4.79 Å². The van der Waals surface area contributed by atoms with Crippen LogP contribution in [-0.4, -0.2) is 30.2 Å². The fourth-order valence-corrected chi connectivity index (χ4v) is 6.80. The van der Waals surface area contributed by atoms with Gasteiger partial charge in [0.1, 0.15) is 65.2 Å². The molecule has 0 saturated carbocycles. The van der Waals surface area contributed by atoms with Crippen molar-refractivity contribution >= 4 is 43.7 Å². The quantitative estimate of drug-likeness (QED) is 0.0430. The Morgan fingerprint density at radius 3 is 0.817 bits per heavy atom. The van der Waals surface area contributed by atoms with Crippen LogP contribution in [0.2, 0.25) is 0 Å². The molecule has 0 bridgehead atoms. The molecule has 0 aliphatic carbocycles. The van der Waals surface area contributed by atoms with E-state index >= 15 is 35.1 Å². The Morgan fingerprint density at radius 2 is 0.633 bits per heavy atom. The Kier molecular flexibility index (Phi) is 12.9. The van der Waals surface area contributed by atoms with Gasteiger partial charge >= 0.3 is 0 Å². The van der Waals surface area contributed by atoms with Crippen molar-refractivity contribution in [2.45, 2.75) is 0 Å². The number of nitriles is 1. The normalized spacial score (nSPS) is 11.7. The fourth-order valence-electron chi connectivity index (χ4n) is 6.00. The van der Waals surface area contributed by atoms with Crippen LogP contribution in [0, 0.1) is 128 Å². The summed E-state index contributed by atoms with van der Waals surface area (Å²) in [5.41, 5.74) is -13.3. The van der Waals surface area contributed by atoms with Gasteiger partial charge in [-0.05, 0) is 24.3 Å². The van der Waals surface area contributed by atoms with Crippen LogP contribution in [0.15, 0.2) is 24.3 Å². The third-order valence-corrected chi connectivity index (χ3v) is 9.48. The van der Waals surface area contributed by atoms with E-state index in [-0.39, 0.29) is 11.5 Å². The smallest absolute Gasteiger partial charge is 0.211 e. The highest BCUT2D eigenvalue weighted by Gasteiger charge is 2.52. The molecule has 0 fully saturated rings. The van der Waals surface area contributed by atoms with Crippen molar-refractivity contribution in [2.75, 3.05) is 18.3 Å². The monoisotopic (exact) mass is 901 g/mol. The van der Waals surface area contributed by atoms with Crippen LogP contribution in [0.5, 0.6) is 0 Å². The summed E-state index contributed by atoms with van der Waals surface area (Å²) in [6, 6.07) is 8.32. The molecule has 3 nitrogen and oxygen atoms in total. The van der Waals surface area contributed by atoms with Gasteiger partial charge in [0, 0.05) is 5.56 Å². The summed E-state index contributed by atoms with van der Waals surface area (Å²) in [5, 5.41) is 8.57. The van der Waals surface area contributed by atoms with Crippen molar-refractivity contribution in [2.24, 2.45) is 0 Å². The summed E-state index contributed by atoms with van der Waals surface area (Å²) >= 11 is 0. The van der Waals surface area contributed by atoms with E-state index in [2.05, 4.69) is 0 Å². The maximum absolute atomic E-state index is 15.4. The van der Waals surface area contributed by atoms with E-state index in [9.17, 15) is 61.7 Å². The van der Waals surface area contributed by atoms with Gasteiger partial charge in [-0.25, -0.2) is 87.8 Å². The molecule has 0 saturated heterocycles. The highest BCUT2D eigenvalue weighted by atomic mass is 32.2. The third-order valence-electron chi connectivity index (χ3n) is 8.52. The fraction of sp³-hybridized carbons (Fsp3) is 0.0857. The predicted octanol–water partition coefficient (Wildman–Crippen LogP) is 7.35. The van der Waals surface area contributed by atoms with Gasteiger partial charge in [0.25, 0.3) is 0 Å². The van der Waals surface area contributed by atoms with Gasteiger partial charge in [-0.1, -0.05) is 0 Å². The standard InChI is InChI=1S/C24BF20.C11H12NO2S/c26-5-1(6(27)14(35)21(42)13(5)34)25(2-7(28)15(36)22(43)16(37)8(2)29,3-9(30)17(38)23(44)18(39)10(3)31)4-11(32)19(40)24(45)20(41)12(4)33;1-15(2,14)8-11(13)10-5-3-9(7-12)4-6-10/h;3-6H,8H2,1-2H3/q-1;+1. The molecular formula is C35H12BF20NO2S. The van der Waals surface area contributed by atoms with Gasteiger partial charge in [0.05, 0.1) is 21.6 Å². The van der Waals surface area contributed by atoms with E-state index in [1.54, 1.807) is 36.8 Å². The highest BCUT2D eigenvalue weighted by Crippen LogP contribution is 2.30. The van der Waals surface area contributed by atoms with Gasteiger partial charge < -0.3 is 0 Å². The number of ketones is 1. The van der Waals surface area contributed by atoms with Crippen LogP contribution < -0.4 is 21.9 Å². The number of benzene rings is 5. The summed E-state index contributed by atoms with van der Waals surface area (Å²) in [6.07, 6.45) is -4.09. The van der Waals surface area contributed by atoms with Crippen molar-refractivity contribution in [1.29, 1.82) is 5.26 Å².